The molecular formula is C39H54NaO4P. The molecule has 4 nitrogen and oxygen atoms in total. The summed E-state index contributed by atoms with van der Waals surface area (Å²) >= 11 is 0. The van der Waals surface area contributed by atoms with Crippen LogP contribution >= 0.6 is 7.82 Å². The summed E-state index contributed by atoms with van der Waals surface area (Å²) in [5, 5.41) is 0. The van der Waals surface area contributed by atoms with Gasteiger partial charge in [0.2, 0.25) is 0 Å². The van der Waals surface area contributed by atoms with Gasteiger partial charge in [0.15, 0.2) is 0 Å². The van der Waals surface area contributed by atoms with Gasteiger partial charge in [-0.3, -0.25) is 0 Å². The van der Waals surface area contributed by atoms with E-state index in [1.54, 1.807) is 0 Å². The maximum Gasteiger partial charge on any atom is 1.00 e. The monoisotopic (exact) mass is 640 g/mol. The van der Waals surface area contributed by atoms with Crippen LogP contribution in [0.1, 0.15) is 187 Å². The van der Waals surface area contributed by atoms with E-state index in [2.05, 4.69) is 38.1 Å². The summed E-state index contributed by atoms with van der Waals surface area (Å²) in [6.07, 6.45) is 24.9. The van der Waals surface area contributed by atoms with Gasteiger partial charge in [-0.1, -0.05) is 115 Å². The molecule has 2 aromatic carbocycles. The van der Waals surface area contributed by atoms with Gasteiger partial charge in [-0.25, -0.2) is 4.57 Å². The van der Waals surface area contributed by atoms with Crippen molar-refractivity contribution in [1.82, 2.24) is 0 Å². The Hall–Kier alpha value is -0.770. The Labute approximate surface area is 294 Å². The van der Waals surface area contributed by atoms with E-state index in [-0.39, 0.29) is 40.4 Å². The zero-order valence-electron chi connectivity index (χ0n) is 28.4. The first kappa shape index (κ1) is 34.1. The van der Waals surface area contributed by atoms with Gasteiger partial charge in [-0.2, -0.15) is 0 Å². The molecule has 2 aromatic rings. The summed E-state index contributed by atoms with van der Waals surface area (Å²) in [6.45, 7) is 4.70. The fourth-order valence-electron chi connectivity index (χ4n) is 9.80. The molecule has 4 saturated carbocycles. The molecule has 7 rings (SSSR count). The van der Waals surface area contributed by atoms with Crippen LogP contribution in [0.25, 0.3) is 0 Å². The summed E-state index contributed by atoms with van der Waals surface area (Å²) in [5.74, 6) is 2.24. The summed E-state index contributed by atoms with van der Waals surface area (Å²) in [4.78, 5) is 14.0. The number of hydrogen-bond acceptors (Lipinski definition) is 4. The van der Waals surface area contributed by atoms with Crippen molar-refractivity contribution in [3.63, 3.8) is 0 Å². The van der Waals surface area contributed by atoms with E-state index in [9.17, 15) is 9.46 Å². The second-order valence-corrected chi connectivity index (χ2v) is 17.1. The molecule has 0 amide bonds. The van der Waals surface area contributed by atoms with E-state index in [4.69, 9.17) is 9.05 Å². The topological polar surface area (TPSA) is 58.6 Å². The predicted octanol–water partition coefficient (Wildman–Crippen LogP) is 8.06. The molecule has 1 aliphatic heterocycles. The van der Waals surface area contributed by atoms with E-state index < -0.39 is 7.82 Å². The molecule has 1 heterocycles. The van der Waals surface area contributed by atoms with Crippen LogP contribution in [0, 0.1) is 0 Å². The minimum absolute atomic E-state index is 0. The average molecular weight is 641 g/mol. The molecule has 5 aliphatic rings. The Balaban J connectivity index is 0.00000357. The van der Waals surface area contributed by atoms with Gasteiger partial charge in [0.1, 0.15) is 11.5 Å². The standard InChI is InChI=1S/C39H55O4P.Na/c1-38(19-11-5-12-20-38)34-26-30(28-15-7-3-8-16-28)23-32-25-33-24-31(29-17-9-4-10-18-29)27-35(39(2)21-13-6-14-22-39)37(33)43-44(40,41)42-36(32)34;/h23-24,26-29H,3-22,25H2,1-2H3,(H,40,41);/q;+1/p-1. The Kier molecular flexibility index (Phi) is 10.6. The van der Waals surface area contributed by atoms with E-state index in [0.29, 0.717) is 29.8 Å². The fraction of sp³-hybridized carbons (Fsp3) is 0.692. The third kappa shape index (κ3) is 7.17. The van der Waals surface area contributed by atoms with Crippen LogP contribution in [-0.4, -0.2) is 0 Å². The van der Waals surface area contributed by atoms with Gasteiger partial charge >= 0.3 is 37.4 Å². The van der Waals surface area contributed by atoms with E-state index >= 15 is 0 Å². The van der Waals surface area contributed by atoms with Gasteiger partial charge in [-0.05, 0) is 96.3 Å². The summed E-state index contributed by atoms with van der Waals surface area (Å²) in [7, 11) is -4.68. The second-order valence-electron chi connectivity index (χ2n) is 15.8. The van der Waals surface area contributed by atoms with Crippen molar-refractivity contribution < 1.29 is 48.1 Å². The van der Waals surface area contributed by atoms with E-state index in [1.807, 2.05) is 0 Å². The molecular weight excluding hydrogens is 586 g/mol. The average Bonchev–Trinajstić information content (AvgIpc) is 3.03. The first-order valence-corrected chi connectivity index (χ1v) is 19.7. The molecule has 4 fully saturated rings. The van der Waals surface area contributed by atoms with Gasteiger partial charge < -0.3 is 13.9 Å². The first-order chi connectivity index (χ1) is 21.2. The third-order valence-electron chi connectivity index (χ3n) is 12.5. The van der Waals surface area contributed by atoms with Crippen molar-refractivity contribution in [1.29, 1.82) is 0 Å². The minimum Gasteiger partial charge on any atom is -0.736 e. The summed E-state index contributed by atoms with van der Waals surface area (Å²) in [6, 6.07) is 9.39. The molecule has 0 N–H and O–H groups in total. The Morgan fingerprint density at radius 2 is 0.956 bits per heavy atom. The molecule has 6 heteroatoms. The molecule has 45 heavy (non-hydrogen) atoms. The first-order valence-electron chi connectivity index (χ1n) is 18.3. The van der Waals surface area contributed by atoms with Crippen LogP contribution < -0.4 is 43.5 Å². The van der Waals surface area contributed by atoms with Gasteiger partial charge in [0.25, 0.3) is 0 Å². The number of phosphoric ester groups is 1. The maximum absolute atomic E-state index is 14.0. The van der Waals surface area contributed by atoms with Crippen LogP contribution in [0.15, 0.2) is 24.3 Å². The van der Waals surface area contributed by atoms with Crippen molar-refractivity contribution in [3.05, 3.63) is 57.6 Å². The second kappa shape index (κ2) is 14.0. The zero-order chi connectivity index (χ0) is 30.4. The van der Waals surface area contributed by atoms with Crippen molar-refractivity contribution in [2.75, 3.05) is 0 Å². The quantitative estimate of drug-likeness (QED) is 0.251. The Bertz CT molecular complexity index is 1290. The molecule has 0 unspecified atom stereocenters. The van der Waals surface area contributed by atoms with Crippen molar-refractivity contribution in [2.24, 2.45) is 0 Å². The predicted molar refractivity (Wildman–Crippen MR) is 177 cm³/mol. The molecule has 4 aliphatic carbocycles. The van der Waals surface area contributed by atoms with Crippen LogP contribution in [-0.2, 0) is 21.8 Å². The number of rotatable bonds is 4. The Morgan fingerprint density at radius 1 is 0.600 bits per heavy atom. The third-order valence-corrected chi connectivity index (χ3v) is 13.3. The van der Waals surface area contributed by atoms with Crippen LogP contribution in [0.4, 0.5) is 0 Å². The summed E-state index contributed by atoms with van der Waals surface area (Å²) < 4.78 is 26.3. The van der Waals surface area contributed by atoms with Crippen molar-refractivity contribution >= 4 is 7.82 Å². The van der Waals surface area contributed by atoms with Gasteiger partial charge in [-0.15, -0.1) is 0 Å². The maximum atomic E-state index is 14.0. The zero-order valence-corrected chi connectivity index (χ0v) is 31.3. The number of benzene rings is 2. The minimum atomic E-state index is -4.68. The largest absolute Gasteiger partial charge is 1.00 e. The van der Waals surface area contributed by atoms with E-state index in [0.717, 1.165) is 47.9 Å². The van der Waals surface area contributed by atoms with Crippen molar-refractivity contribution in [3.8, 4) is 11.5 Å². The fourth-order valence-corrected chi connectivity index (χ4v) is 10.7. The normalized spacial score (nSPS) is 24.9. The number of hydrogen-bond donors (Lipinski definition) is 0. The van der Waals surface area contributed by atoms with Crippen molar-refractivity contribution in [2.45, 2.75) is 171 Å². The van der Waals surface area contributed by atoms with Crippen LogP contribution in [0.3, 0.4) is 0 Å². The molecule has 0 aromatic heterocycles. The molecule has 0 saturated heterocycles. The smallest absolute Gasteiger partial charge is 0.736 e. The van der Waals surface area contributed by atoms with Crippen LogP contribution in [0.2, 0.25) is 0 Å². The SMILES string of the molecule is CC1(c2cc(C3CCCCC3)cc3c2OP(=O)([O-])Oc2c(cc(C4CCCCC4)cc2C2(C)CCCCC2)C3)CCCCC1.[Na+]. The molecule has 0 spiro atoms. The summed E-state index contributed by atoms with van der Waals surface area (Å²) in [5.41, 5.74) is 6.97. The number of phosphoric acid groups is 1. The van der Waals surface area contributed by atoms with Gasteiger partial charge in [0, 0.05) is 17.5 Å². The molecule has 0 atom stereocenters. The van der Waals surface area contributed by atoms with Gasteiger partial charge in [0.05, 0.1) is 0 Å². The Morgan fingerprint density at radius 3 is 1.33 bits per heavy atom. The molecule has 0 bridgehead atoms. The van der Waals surface area contributed by atoms with E-state index in [1.165, 1.54) is 114 Å². The molecule has 0 radical (unpaired) electrons. The molecule has 240 valence electrons. The number of fused-ring (bicyclic) bond motifs is 2. The van der Waals surface area contributed by atoms with Crippen LogP contribution in [0.5, 0.6) is 11.5 Å².